The minimum Gasteiger partial charge on any atom is -0.474 e. The fourth-order valence-corrected chi connectivity index (χ4v) is 5.75. The molecule has 0 radical (unpaired) electrons. The SMILES string of the molecule is CC[C@@](C)(N)c1cnc(O[C@H]2C[C@@H](S(C)(=O)=O)C2)c2cnc(Nc3ccc4c(n3)[C@H](C)COC4=O)cc12. The van der Waals surface area contributed by atoms with Crippen molar-refractivity contribution in [2.75, 3.05) is 18.2 Å². The molecule has 0 bridgehead atoms. The Labute approximate surface area is 215 Å². The number of ether oxygens (including phenoxy) is 2. The monoisotopic (exact) mass is 525 g/mol. The van der Waals surface area contributed by atoms with E-state index in [1.807, 2.05) is 26.8 Å². The van der Waals surface area contributed by atoms with Crippen molar-refractivity contribution in [1.29, 1.82) is 0 Å². The van der Waals surface area contributed by atoms with E-state index in [9.17, 15) is 13.2 Å². The number of nitrogens with zero attached hydrogens (tertiary/aromatic N) is 3. The molecule has 1 aliphatic heterocycles. The zero-order chi connectivity index (χ0) is 26.5. The van der Waals surface area contributed by atoms with Gasteiger partial charge in [0.25, 0.3) is 0 Å². The first-order valence-corrected chi connectivity index (χ1v) is 14.3. The van der Waals surface area contributed by atoms with Crippen molar-refractivity contribution >= 4 is 38.2 Å². The van der Waals surface area contributed by atoms with Crippen molar-refractivity contribution in [2.45, 2.75) is 62.8 Å². The van der Waals surface area contributed by atoms with Gasteiger partial charge in [0, 0.05) is 42.9 Å². The predicted octanol–water partition coefficient (Wildman–Crippen LogP) is 3.58. The Morgan fingerprint density at radius 2 is 1.95 bits per heavy atom. The van der Waals surface area contributed by atoms with E-state index in [-0.39, 0.29) is 23.2 Å². The van der Waals surface area contributed by atoms with E-state index in [0.29, 0.717) is 60.0 Å². The molecule has 10 nitrogen and oxygen atoms in total. The van der Waals surface area contributed by atoms with E-state index in [2.05, 4.69) is 20.3 Å². The van der Waals surface area contributed by atoms with Crippen LogP contribution < -0.4 is 15.8 Å². The van der Waals surface area contributed by atoms with Crippen LogP contribution in [0, 0.1) is 0 Å². The minimum atomic E-state index is -3.08. The van der Waals surface area contributed by atoms with Crippen LogP contribution in [0.15, 0.2) is 30.6 Å². The second kappa shape index (κ2) is 9.21. The molecule has 1 aliphatic carbocycles. The van der Waals surface area contributed by atoms with Gasteiger partial charge in [-0.1, -0.05) is 13.8 Å². The van der Waals surface area contributed by atoms with Crippen molar-refractivity contribution in [1.82, 2.24) is 15.0 Å². The molecule has 11 heteroatoms. The number of hydrogen-bond donors (Lipinski definition) is 2. The molecule has 3 N–H and O–H groups in total. The third kappa shape index (κ3) is 4.85. The van der Waals surface area contributed by atoms with Gasteiger partial charge >= 0.3 is 5.97 Å². The molecule has 1 saturated carbocycles. The van der Waals surface area contributed by atoms with Crippen LogP contribution in [0.4, 0.5) is 11.6 Å². The molecule has 3 aromatic heterocycles. The van der Waals surface area contributed by atoms with Gasteiger partial charge in [-0.05, 0) is 42.5 Å². The van der Waals surface area contributed by atoms with E-state index in [0.717, 1.165) is 10.9 Å². The molecule has 2 aliphatic rings. The number of esters is 1. The van der Waals surface area contributed by atoms with Crippen LogP contribution in [0.25, 0.3) is 10.8 Å². The summed E-state index contributed by atoms with van der Waals surface area (Å²) in [4.78, 5) is 25.8. The number of aromatic nitrogens is 3. The lowest BCUT2D eigenvalue weighted by Gasteiger charge is -2.34. The van der Waals surface area contributed by atoms with Crippen LogP contribution in [-0.2, 0) is 20.1 Å². The average molecular weight is 526 g/mol. The number of cyclic esters (lactones) is 1. The van der Waals surface area contributed by atoms with Gasteiger partial charge in [-0.3, -0.25) is 0 Å². The Hall–Kier alpha value is -3.31. The molecule has 196 valence electrons. The molecular weight excluding hydrogens is 494 g/mol. The fraction of sp³-hybridized carbons (Fsp3) is 0.462. The summed E-state index contributed by atoms with van der Waals surface area (Å²) in [5.41, 5.74) is 7.99. The first-order chi connectivity index (χ1) is 17.5. The highest BCUT2D eigenvalue weighted by atomic mass is 32.2. The van der Waals surface area contributed by atoms with Gasteiger partial charge in [-0.2, -0.15) is 0 Å². The second-order valence-corrected chi connectivity index (χ2v) is 12.6. The van der Waals surface area contributed by atoms with Crippen LogP contribution in [0.2, 0.25) is 0 Å². The molecule has 1 fully saturated rings. The number of nitrogens with one attached hydrogen (secondary N) is 1. The largest absolute Gasteiger partial charge is 0.474 e. The molecule has 3 aromatic rings. The number of carbonyl (C=O) groups excluding carboxylic acids is 1. The quantitative estimate of drug-likeness (QED) is 0.439. The van der Waals surface area contributed by atoms with Gasteiger partial charge in [-0.15, -0.1) is 0 Å². The van der Waals surface area contributed by atoms with Gasteiger partial charge in [0.2, 0.25) is 5.88 Å². The summed E-state index contributed by atoms with van der Waals surface area (Å²) in [5.74, 6) is 1.15. The van der Waals surface area contributed by atoms with Gasteiger partial charge in [0.1, 0.15) is 17.7 Å². The number of rotatable bonds is 7. The van der Waals surface area contributed by atoms with Crippen molar-refractivity contribution < 1.29 is 22.7 Å². The molecule has 4 heterocycles. The first-order valence-electron chi connectivity index (χ1n) is 12.3. The van der Waals surface area contributed by atoms with E-state index in [4.69, 9.17) is 15.2 Å². The maximum atomic E-state index is 12.1. The minimum absolute atomic E-state index is 0.00676. The highest BCUT2D eigenvalue weighted by Gasteiger charge is 2.38. The lowest BCUT2D eigenvalue weighted by atomic mass is 9.88. The van der Waals surface area contributed by atoms with Crippen molar-refractivity contribution in [3.63, 3.8) is 0 Å². The molecule has 5 rings (SSSR count). The number of sulfone groups is 1. The molecule has 0 aromatic carbocycles. The van der Waals surface area contributed by atoms with Gasteiger partial charge < -0.3 is 20.5 Å². The molecule has 2 atom stereocenters. The summed E-state index contributed by atoms with van der Waals surface area (Å²) in [6, 6.07) is 5.32. The standard InChI is InChI=1S/C26H31N5O5S/c1-5-26(3,27)20-12-29-24(36-15-8-16(9-15)37(4,33)34)19-11-28-22(10-18(19)20)30-21-7-6-17-23(31-21)14(2)13-35-25(17)32/h6-7,10-12,14-16H,5,8-9,13,27H2,1-4H3,(H,28,30,31)/t14-,15-,16+,26-/m1/s1. The summed E-state index contributed by atoms with van der Waals surface area (Å²) in [6.07, 6.45) is 6.01. The highest BCUT2D eigenvalue weighted by molar-refractivity contribution is 7.91. The van der Waals surface area contributed by atoms with Crippen LogP contribution in [-0.4, -0.2) is 53.6 Å². The van der Waals surface area contributed by atoms with E-state index >= 15 is 0 Å². The summed E-state index contributed by atoms with van der Waals surface area (Å²) in [7, 11) is -3.08. The van der Waals surface area contributed by atoms with Gasteiger partial charge in [-0.25, -0.2) is 28.2 Å². The molecule has 37 heavy (non-hydrogen) atoms. The normalized spacial score (nSPS) is 22.9. The first kappa shape index (κ1) is 25.3. The summed E-state index contributed by atoms with van der Waals surface area (Å²) < 4.78 is 34.8. The number of fused-ring (bicyclic) bond motifs is 2. The smallest absolute Gasteiger partial charge is 0.340 e. The lowest BCUT2D eigenvalue weighted by Crippen LogP contribution is -2.42. The molecule has 0 spiro atoms. The van der Waals surface area contributed by atoms with E-state index in [1.165, 1.54) is 6.26 Å². The number of anilines is 2. The topological polar surface area (TPSA) is 146 Å². The molecule has 0 amide bonds. The molecule has 0 unspecified atom stereocenters. The Kier molecular flexibility index (Phi) is 6.31. The Balaban J connectivity index is 1.48. The van der Waals surface area contributed by atoms with Crippen LogP contribution in [0.1, 0.15) is 67.6 Å². The number of carbonyl (C=O) groups is 1. The zero-order valence-electron chi connectivity index (χ0n) is 21.3. The second-order valence-electron chi connectivity index (χ2n) is 10.3. The van der Waals surface area contributed by atoms with E-state index < -0.39 is 15.4 Å². The van der Waals surface area contributed by atoms with Crippen molar-refractivity contribution in [3.8, 4) is 5.88 Å². The zero-order valence-corrected chi connectivity index (χ0v) is 22.1. The highest BCUT2D eigenvalue weighted by Crippen LogP contribution is 2.37. The number of pyridine rings is 3. The third-order valence-electron chi connectivity index (χ3n) is 7.35. The lowest BCUT2D eigenvalue weighted by molar-refractivity contribution is 0.0445. The summed E-state index contributed by atoms with van der Waals surface area (Å²) >= 11 is 0. The fourth-order valence-electron chi connectivity index (χ4n) is 4.62. The summed E-state index contributed by atoms with van der Waals surface area (Å²) in [5, 5.41) is 4.40. The Morgan fingerprint density at radius 1 is 1.19 bits per heavy atom. The van der Waals surface area contributed by atoms with Crippen molar-refractivity contribution in [3.05, 3.63) is 47.4 Å². The average Bonchev–Trinajstić information content (AvgIpc) is 2.82. The number of hydrogen-bond acceptors (Lipinski definition) is 10. The molecule has 0 saturated heterocycles. The van der Waals surface area contributed by atoms with E-state index in [1.54, 1.807) is 24.5 Å². The van der Waals surface area contributed by atoms with Crippen LogP contribution in [0.3, 0.4) is 0 Å². The predicted molar refractivity (Wildman–Crippen MR) is 140 cm³/mol. The van der Waals surface area contributed by atoms with Gasteiger partial charge in [0.05, 0.1) is 28.5 Å². The third-order valence-corrected chi connectivity index (χ3v) is 8.95. The Bertz CT molecular complexity index is 1480. The maximum absolute atomic E-state index is 12.1. The molecular formula is C26H31N5O5S. The Morgan fingerprint density at radius 3 is 2.65 bits per heavy atom. The van der Waals surface area contributed by atoms with Crippen LogP contribution >= 0.6 is 0 Å². The number of nitrogens with two attached hydrogens (primary N) is 1. The van der Waals surface area contributed by atoms with Gasteiger partial charge in [0.15, 0.2) is 9.84 Å². The van der Waals surface area contributed by atoms with Crippen molar-refractivity contribution in [2.24, 2.45) is 5.73 Å². The maximum Gasteiger partial charge on any atom is 0.340 e. The van der Waals surface area contributed by atoms with Crippen LogP contribution in [0.5, 0.6) is 5.88 Å². The summed E-state index contributed by atoms with van der Waals surface area (Å²) in [6.45, 7) is 6.23.